The van der Waals surface area contributed by atoms with Crippen LogP contribution in [0.1, 0.15) is 48.9 Å². The first-order valence-electron chi connectivity index (χ1n) is 11.5. The number of piperidine rings is 1. The first-order valence-corrected chi connectivity index (χ1v) is 11.5. The van der Waals surface area contributed by atoms with Gasteiger partial charge in [0, 0.05) is 38.4 Å². The fraction of sp³-hybridized carbons (Fsp3) is 0.583. The highest BCUT2D eigenvalue weighted by Crippen LogP contribution is 2.16. The number of guanidine groups is 1. The van der Waals surface area contributed by atoms with Crippen LogP contribution in [0.15, 0.2) is 41.7 Å². The Morgan fingerprint density at radius 2 is 1.81 bits per heavy atom. The molecule has 0 saturated carbocycles. The minimum Gasteiger partial charge on any atom is -0.357 e. The van der Waals surface area contributed by atoms with E-state index in [1.807, 2.05) is 17.9 Å². The summed E-state index contributed by atoms with van der Waals surface area (Å²) in [5.74, 6) is 0.843. The largest absolute Gasteiger partial charge is 0.357 e. The van der Waals surface area contributed by atoms with Crippen molar-refractivity contribution in [3.05, 3.63) is 53.3 Å². The van der Waals surface area contributed by atoms with Crippen LogP contribution in [-0.2, 0) is 20.1 Å². The standard InChI is InChI=1S/C24H39N7/c1-5-25-24(27-17-23(29(2)3)22-16-28-30(4)19-22)26-15-20-9-11-21(12-10-20)18-31-13-7-6-8-14-31/h9-12,16,19,23H,5-8,13-15,17-18H2,1-4H3,(H2,25,26,27). The van der Waals surface area contributed by atoms with Gasteiger partial charge in [-0.15, -0.1) is 0 Å². The molecule has 1 fully saturated rings. The molecule has 0 spiro atoms. The topological polar surface area (TPSA) is 60.7 Å². The molecule has 0 amide bonds. The van der Waals surface area contributed by atoms with Gasteiger partial charge in [0.1, 0.15) is 0 Å². The highest BCUT2D eigenvalue weighted by Gasteiger charge is 2.16. The van der Waals surface area contributed by atoms with Crippen LogP contribution < -0.4 is 10.6 Å². The summed E-state index contributed by atoms with van der Waals surface area (Å²) in [5.41, 5.74) is 3.82. The summed E-state index contributed by atoms with van der Waals surface area (Å²) < 4.78 is 1.85. The minimum atomic E-state index is 0.228. The maximum Gasteiger partial charge on any atom is 0.191 e. The van der Waals surface area contributed by atoms with E-state index in [1.54, 1.807) is 0 Å². The lowest BCUT2D eigenvalue weighted by Crippen LogP contribution is -2.41. The van der Waals surface area contributed by atoms with Crippen LogP contribution in [0.4, 0.5) is 0 Å². The van der Waals surface area contributed by atoms with Crippen LogP contribution in [0.2, 0.25) is 0 Å². The number of hydrogen-bond acceptors (Lipinski definition) is 4. The quantitative estimate of drug-likeness (QED) is 0.478. The normalized spacial score (nSPS) is 16.5. The molecule has 3 rings (SSSR count). The molecule has 0 bridgehead atoms. The number of benzene rings is 1. The Morgan fingerprint density at radius 1 is 1.10 bits per heavy atom. The Bertz CT molecular complexity index is 804. The maximum atomic E-state index is 4.80. The first-order chi connectivity index (χ1) is 15.0. The van der Waals surface area contributed by atoms with Gasteiger partial charge in [-0.1, -0.05) is 30.7 Å². The zero-order valence-electron chi connectivity index (χ0n) is 19.6. The van der Waals surface area contributed by atoms with Crippen LogP contribution in [0, 0.1) is 0 Å². The summed E-state index contributed by atoms with van der Waals surface area (Å²) in [6.45, 7) is 7.89. The SMILES string of the molecule is CCNC(=NCc1ccc(CN2CCCCC2)cc1)NCC(c1cnn(C)c1)N(C)C. The van der Waals surface area contributed by atoms with E-state index in [9.17, 15) is 0 Å². The van der Waals surface area contributed by atoms with E-state index in [0.717, 1.165) is 25.6 Å². The molecule has 170 valence electrons. The highest BCUT2D eigenvalue weighted by molar-refractivity contribution is 5.79. The second kappa shape index (κ2) is 11.9. The van der Waals surface area contributed by atoms with Gasteiger partial charge in [0.05, 0.1) is 18.8 Å². The number of aromatic nitrogens is 2. The Morgan fingerprint density at radius 3 is 2.42 bits per heavy atom. The molecule has 1 aromatic carbocycles. The summed E-state index contributed by atoms with van der Waals surface area (Å²) in [5, 5.41) is 11.2. The van der Waals surface area contributed by atoms with Crippen molar-refractivity contribution >= 4 is 5.96 Å². The molecule has 1 atom stereocenters. The fourth-order valence-corrected chi connectivity index (χ4v) is 4.04. The Labute approximate surface area is 187 Å². The smallest absolute Gasteiger partial charge is 0.191 e. The molecule has 0 radical (unpaired) electrons. The summed E-state index contributed by atoms with van der Waals surface area (Å²) in [7, 11) is 6.14. The Hall–Kier alpha value is -2.38. The van der Waals surface area contributed by atoms with Crippen molar-refractivity contribution in [2.24, 2.45) is 12.0 Å². The van der Waals surface area contributed by atoms with Crippen LogP contribution in [0.25, 0.3) is 0 Å². The molecule has 2 aromatic rings. The molecule has 7 nitrogen and oxygen atoms in total. The molecule has 7 heteroatoms. The number of nitrogens with one attached hydrogen (secondary N) is 2. The van der Waals surface area contributed by atoms with Crippen molar-refractivity contribution in [3.63, 3.8) is 0 Å². The van der Waals surface area contributed by atoms with Gasteiger partial charge < -0.3 is 15.5 Å². The van der Waals surface area contributed by atoms with Gasteiger partial charge in [0.15, 0.2) is 5.96 Å². The van der Waals surface area contributed by atoms with Crippen LogP contribution in [0.5, 0.6) is 0 Å². The lowest BCUT2D eigenvalue weighted by Gasteiger charge is -2.26. The maximum absolute atomic E-state index is 4.80. The van der Waals surface area contributed by atoms with Crippen molar-refractivity contribution in [3.8, 4) is 0 Å². The van der Waals surface area contributed by atoms with Gasteiger partial charge in [-0.3, -0.25) is 9.58 Å². The van der Waals surface area contributed by atoms with Gasteiger partial charge in [-0.05, 0) is 58.1 Å². The molecule has 2 N–H and O–H groups in total. The van der Waals surface area contributed by atoms with Crippen LogP contribution in [-0.4, -0.2) is 65.8 Å². The molecule has 1 aliphatic heterocycles. The highest BCUT2D eigenvalue weighted by atomic mass is 15.3. The van der Waals surface area contributed by atoms with Crippen LogP contribution >= 0.6 is 0 Å². The van der Waals surface area contributed by atoms with Crippen molar-refractivity contribution in [2.75, 3.05) is 40.3 Å². The predicted molar refractivity (Wildman–Crippen MR) is 128 cm³/mol. The molecule has 1 aliphatic rings. The fourth-order valence-electron chi connectivity index (χ4n) is 4.04. The predicted octanol–water partition coefficient (Wildman–Crippen LogP) is 2.76. The molecule has 1 unspecified atom stereocenters. The summed E-state index contributed by atoms with van der Waals surface area (Å²) >= 11 is 0. The molecule has 1 saturated heterocycles. The van der Waals surface area contributed by atoms with Crippen LogP contribution in [0.3, 0.4) is 0 Å². The average Bonchev–Trinajstić information content (AvgIpc) is 3.19. The monoisotopic (exact) mass is 425 g/mol. The van der Waals surface area contributed by atoms with E-state index >= 15 is 0 Å². The number of aliphatic imine (C=N–C) groups is 1. The van der Waals surface area contributed by atoms with Gasteiger partial charge >= 0.3 is 0 Å². The number of likely N-dealkylation sites (N-methyl/N-ethyl adjacent to an activating group) is 1. The summed E-state index contributed by atoms with van der Waals surface area (Å²) in [6, 6.07) is 9.16. The zero-order chi connectivity index (χ0) is 22.1. The van der Waals surface area contributed by atoms with Crippen molar-refractivity contribution < 1.29 is 0 Å². The van der Waals surface area contributed by atoms with E-state index in [1.165, 1.54) is 49.0 Å². The summed E-state index contributed by atoms with van der Waals surface area (Å²) in [4.78, 5) is 9.57. The Balaban J connectivity index is 1.55. The molecule has 0 aliphatic carbocycles. The minimum absolute atomic E-state index is 0.228. The third-order valence-corrected chi connectivity index (χ3v) is 5.84. The first kappa shape index (κ1) is 23.3. The molecule has 1 aromatic heterocycles. The number of hydrogen-bond donors (Lipinski definition) is 2. The zero-order valence-corrected chi connectivity index (χ0v) is 19.6. The van der Waals surface area contributed by atoms with E-state index < -0.39 is 0 Å². The Kier molecular flexibility index (Phi) is 8.91. The van der Waals surface area contributed by atoms with Gasteiger partial charge in [-0.25, -0.2) is 4.99 Å². The molecule has 2 heterocycles. The summed E-state index contributed by atoms with van der Waals surface area (Å²) in [6.07, 6.45) is 8.06. The third kappa shape index (κ3) is 7.36. The van der Waals surface area contributed by atoms with E-state index in [4.69, 9.17) is 4.99 Å². The van der Waals surface area contributed by atoms with Gasteiger partial charge in [0.25, 0.3) is 0 Å². The molecular formula is C24H39N7. The number of rotatable bonds is 9. The third-order valence-electron chi connectivity index (χ3n) is 5.84. The van der Waals surface area contributed by atoms with E-state index in [0.29, 0.717) is 6.54 Å². The second-order valence-electron chi connectivity index (χ2n) is 8.66. The van der Waals surface area contributed by atoms with Gasteiger partial charge in [0.2, 0.25) is 0 Å². The lowest BCUT2D eigenvalue weighted by atomic mass is 10.1. The van der Waals surface area contributed by atoms with Gasteiger partial charge in [-0.2, -0.15) is 5.10 Å². The van der Waals surface area contributed by atoms with E-state index in [2.05, 4.69) is 77.0 Å². The van der Waals surface area contributed by atoms with Crippen molar-refractivity contribution in [2.45, 2.75) is 45.3 Å². The number of likely N-dealkylation sites (tertiary alicyclic amines) is 1. The van der Waals surface area contributed by atoms with E-state index in [-0.39, 0.29) is 6.04 Å². The number of nitrogens with zero attached hydrogens (tertiary/aromatic N) is 5. The molecule has 31 heavy (non-hydrogen) atoms. The van der Waals surface area contributed by atoms with Crippen molar-refractivity contribution in [1.82, 2.24) is 30.2 Å². The second-order valence-corrected chi connectivity index (χ2v) is 8.66. The molecular weight excluding hydrogens is 386 g/mol. The number of aryl methyl sites for hydroxylation is 1. The van der Waals surface area contributed by atoms with Crippen molar-refractivity contribution in [1.29, 1.82) is 0 Å². The lowest BCUT2D eigenvalue weighted by molar-refractivity contribution is 0.221. The average molecular weight is 426 g/mol.